The highest BCUT2D eigenvalue weighted by molar-refractivity contribution is 8.22. The number of carbonyl (C=O) groups is 1. The summed E-state index contributed by atoms with van der Waals surface area (Å²) in [5.41, 5.74) is 2.82. The van der Waals surface area contributed by atoms with E-state index in [4.69, 9.17) is 5.26 Å². The molecule has 3 atom stereocenters. The number of fused-ring (bicyclic) bond motifs is 1. The highest BCUT2D eigenvalue weighted by atomic mass is 32.2. The van der Waals surface area contributed by atoms with Gasteiger partial charge in [-0.25, -0.2) is 0 Å². The normalized spacial score (nSPS) is 24.3. The average Bonchev–Trinajstić information content (AvgIpc) is 2.85. The molecule has 1 aromatic carbocycles. The maximum Gasteiger partial charge on any atom is 0.236 e. The summed E-state index contributed by atoms with van der Waals surface area (Å²) in [5, 5.41) is 18.9. The fraction of sp³-hybridized carbons (Fsp3) is 0.412. The Morgan fingerprint density at radius 1 is 1.43 bits per heavy atom. The van der Waals surface area contributed by atoms with Crippen LogP contribution in [0.2, 0.25) is 0 Å². The second-order valence-electron chi connectivity index (χ2n) is 5.69. The van der Waals surface area contributed by atoms with Gasteiger partial charge < -0.3 is 10.0 Å². The number of amides is 1. The van der Waals surface area contributed by atoms with Crippen LogP contribution >= 0.6 is 23.5 Å². The van der Waals surface area contributed by atoms with Crippen LogP contribution in [0, 0.1) is 17.2 Å². The lowest BCUT2D eigenvalue weighted by atomic mass is 9.90. The van der Waals surface area contributed by atoms with Crippen LogP contribution in [0.15, 0.2) is 34.2 Å². The molecule has 120 valence electrons. The molecule has 1 N–H and O–H groups in total. The number of hydrogen-bond acceptors (Lipinski definition) is 5. The Morgan fingerprint density at radius 3 is 2.74 bits per heavy atom. The molecule has 23 heavy (non-hydrogen) atoms. The molecule has 6 heteroatoms. The summed E-state index contributed by atoms with van der Waals surface area (Å²) in [6.07, 6.45) is 0.0561. The maximum atomic E-state index is 12.2. The number of hydrogen-bond donors (Lipinski definition) is 1. The van der Waals surface area contributed by atoms with E-state index in [0.717, 1.165) is 21.3 Å². The zero-order valence-corrected chi connectivity index (χ0v) is 14.7. The molecule has 1 aromatic rings. The number of rotatable bonds is 5. The predicted octanol–water partition coefficient (Wildman–Crippen LogP) is 3.28. The highest BCUT2D eigenvalue weighted by Crippen LogP contribution is 2.54. The van der Waals surface area contributed by atoms with Crippen molar-refractivity contribution in [1.82, 2.24) is 4.90 Å². The minimum Gasteiger partial charge on any atom is -0.392 e. The van der Waals surface area contributed by atoms with E-state index in [0.29, 0.717) is 12.0 Å². The quantitative estimate of drug-likeness (QED) is 0.829. The number of aliphatic hydroxyl groups is 1. The van der Waals surface area contributed by atoms with Crippen LogP contribution < -0.4 is 0 Å². The monoisotopic (exact) mass is 346 g/mol. The number of benzene rings is 1. The maximum absolute atomic E-state index is 12.2. The lowest BCUT2D eigenvalue weighted by molar-refractivity contribution is -0.153. The van der Waals surface area contributed by atoms with Crippen LogP contribution in [0.3, 0.4) is 0 Å². The topological polar surface area (TPSA) is 64.3 Å². The molecule has 0 radical (unpaired) electrons. The van der Waals surface area contributed by atoms with Crippen LogP contribution in [0.4, 0.5) is 0 Å². The van der Waals surface area contributed by atoms with Gasteiger partial charge >= 0.3 is 0 Å². The highest BCUT2D eigenvalue weighted by Gasteiger charge is 2.55. The van der Waals surface area contributed by atoms with E-state index in [9.17, 15) is 9.90 Å². The van der Waals surface area contributed by atoms with Gasteiger partial charge in [-0.3, -0.25) is 4.79 Å². The third-order valence-corrected chi connectivity index (χ3v) is 7.19. The molecule has 3 rings (SSSR count). The SMILES string of the molecule is CC[C@H](O)[C@@H]1C(=O)N2C(C)=C(SCc3ccc(C#N)cc3)S[C@H]12. The molecule has 1 fully saturated rings. The molecule has 0 unspecified atom stereocenters. The second kappa shape index (κ2) is 6.60. The van der Waals surface area contributed by atoms with Gasteiger partial charge in [-0.15, -0.1) is 11.8 Å². The van der Waals surface area contributed by atoms with E-state index in [1.807, 2.05) is 43.0 Å². The van der Waals surface area contributed by atoms with Crippen molar-refractivity contribution in [3.05, 3.63) is 45.3 Å². The van der Waals surface area contributed by atoms with E-state index in [1.165, 1.54) is 0 Å². The fourth-order valence-corrected chi connectivity index (χ4v) is 5.68. The summed E-state index contributed by atoms with van der Waals surface area (Å²) < 4.78 is 1.15. The number of nitriles is 1. The lowest BCUT2D eigenvalue weighted by Crippen LogP contribution is -2.60. The minimum atomic E-state index is -0.549. The van der Waals surface area contributed by atoms with Gasteiger partial charge in [-0.2, -0.15) is 5.26 Å². The number of aliphatic hydroxyl groups excluding tert-OH is 1. The van der Waals surface area contributed by atoms with Crippen LogP contribution in [0.1, 0.15) is 31.4 Å². The second-order valence-corrected chi connectivity index (χ2v) is 8.06. The third-order valence-electron chi connectivity index (χ3n) is 4.25. The fourth-order valence-electron chi connectivity index (χ4n) is 2.83. The first-order valence-corrected chi connectivity index (χ1v) is 9.43. The molecule has 2 heterocycles. The molecule has 0 saturated carbocycles. The molecule has 0 spiro atoms. The van der Waals surface area contributed by atoms with Gasteiger partial charge in [0.1, 0.15) is 5.37 Å². The Balaban J connectivity index is 1.64. The molecule has 0 aromatic heterocycles. The van der Waals surface area contributed by atoms with Crippen molar-refractivity contribution in [1.29, 1.82) is 5.26 Å². The van der Waals surface area contributed by atoms with Gasteiger partial charge in [-0.05, 0) is 31.0 Å². The first kappa shape index (κ1) is 16.4. The standard InChI is InChI=1S/C17H18N2O2S2/c1-3-13(20)14-15(21)19-10(2)17(23-16(14)19)22-9-12-6-4-11(8-18)5-7-12/h4-7,13-14,16,20H,3,9H2,1-2H3/t13-,14+,16+/m0/s1. The zero-order chi connectivity index (χ0) is 16.6. The largest absolute Gasteiger partial charge is 0.392 e. The van der Waals surface area contributed by atoms with E-state index in [-0.39, 0.29) is 17.2 Å². The van der Waals surface area contributed by atoms with E-state index < -0.39 is 6.10 Å². The first-order valence-electron chi connectivity index (χ1n) is 7.57. The van der Waals surface area contributed by atoms with E-state index in [2.05, 4.69) is 6.07 Å². The summed E-state index contributed by atoms with van der Waals surface area (Å²) in [5.74, 6) is 0.581. The van der Waals surface area contributed by atoms with Crippen molar-refractivity contribution in [2.75, 3.05) is 0 Å². The van der Waals surface area contributed by atoms with E-state index in [1.54, 1.807) is 23.5 Å². The van der Waals surface area contributed by atoms with Crippen LogP contribution in [-0.4, -0.2) is 27.4 Å². The summed E-state index contributed by atoms with van der Waals surface area (Å²) in [6.45, 7) is 3.88. The lowest BCUT2D eigenvalue weighted by Gasteiger charge is -2.44. The van der Waals surface area contributed by atoms with E-state index >= 15 is 0 Å². The molecule has 1 amide bonds. The number of β-lactam (4-membered cyclic amide) rings is 1. The Bertz CT molecular complexity index is 694. The van der Waals surface area contributed by atoms with Gasteiger partial charge in [0.25, 0.3) is 0 Å². The first-order chi connectivity index (χ1) is 11.1. The van der Waals surface area contributed by atoms with Crippen molar-refractivity contribution in [2.45, 2.75) is 37.5 Å². The molecule has 2 aliphatic heterocycles. The summed E-state index contributed by atoms with van der Waals surface area (Å²) in [7, 11) is 0. The Morgan fingerprint density at radius 2 is 2.13 bits per heavy atom. The van der Waals surface area contributed by atoms with Gasteiger partial charge in [0.2, 0.25) is 5.91 Å². The molecule has 4 nitrogen and oxygen atoms in total. The molecule has 2 aliphatic rings. The molecular weight excluding hydrogens is 328 g/mol. The smallest absolute Gasteiger partial charge is 0.236 e. The van der Waals surface area contributed by atoms with Crippen molar-refractivity contribution in [3.63, 3.8) is 0 Å². The minimum absolute atomic E-state index is 0.0447. The Labute approximate surface area is 144 Å². The summed E-state index contributed by atoms with van der Waals surface area (Å²) >= 11 is 3.40. The van der Waals surface area contributed by atoms with Gasteiger partial charge in [0, 0.05) is 11.4 Å². The Kier molecular flexibility index (Phi) is 4.72. The molecule has 0 aliphatic carbocycles. The summed E-state index contributed by atoms with van der Waals surface area (Å²) in [6, 6.07) is 9.69. The van der Waals surface area contributed by atoms with Crippen molar-refractivity contribution >= 4 is 29.4 Å². The zero-order valence-electron chi connectivity index (χ0n) is 13.0. The predicted molar refractivity (Wildman–Crippen MR) is 93.2 cm³/mol. The summed E-state index contributed by atoms with van der Waals surface area (Å²) in [4.78, 5) is 14.0. The van der Waals surface area contributed by atoms with Crippen molar-refractivity contribution < 1.29 is 9.90 Å². The molecule has 1 saturated heterocycles. The van der Waals surface area contributed by atoms with Gasteiger partial charge in [0.15, 0.2) is 0 Å². The average molecular weight is 346 g/mol. The van der Waals surface area contributed by atoms with Crippen molar-refractivity contribution in [3.8, 4) is 6.07 Å². The van der Waals surface area contributed by atoms with Crippen LogP contribution in [-0.2, 0) is 10.5 Å². The number of allylic oxidation sites excluding steroid dienone is 1. The van der Waals surface area contributed by atoms with Crippen LogP contribution in [0.25, 0.3) is 0 Å². The van der Waals surface area contributed by atoms with Crippen molar-refractivity contribution in [2.24, 2.45) is 5.92 Å². The van der Waals surface area contributed by atoms with Gasteiger partial charge in [0.05, 0.1) is 27.9 Å². The number of carbonyl (C=O) groups excluding carboxylic acids is 1. The number of nitrogens with zero attached hydrogens (tertiary/aromatic N) is 2. The molecular formula is C17H18N2O2S2. The number of thioether (sulfide) groups is 2. The Hall–Kier alpha value is -1.42. The molecule has 0 bridgehead atoms. The van der Waals surface area contributed by atoms with Gasteiger partial charge in [-0.1, -0.05) is 30.8 Å². The third kappa shape index (κ3) is 2.89. The van der Waals surface area contributed by atoms with Crippen LogP contribution in [0.5, 0.6) is 0 Å².